The van der Waals surface area contributed by atoms with Gasteiger partial charge in [0.05, 0.1) is 5.70 Å². The van der Waals surface area contributed by atoms with Gasteiger partial charge in [-0.05, 0) is 11.8 Å². The number of benzene rings is 1. The molecule has 0 saturated heterocycles. The molecule has 0 amide bonds. The largest absolute Gasteiger partial charge is 0.378 e. The second-order valence-corrected chi connectivity index (χ2v) is 3.55. The molecule has 0 aliphatic carbocycles. The molecule has 0 unspecified atom stereocenters. The van der Waals surface area contributed by atoms with E-state index in [4.69, 9.17) is 13.6 Å². The second kappa shape index (κ2) is 4.91. The Morgan fingerprint density at radius 3 is 2.86 bits per heavy atom. The molecule has 1 rings (SSSR count). The predicted octanol–water partition coefficient (Wildman–Crippen LogP) is 1.13. The number of nitrogens with zero attached hydrogens (tertiary/aromatic N) is 1. The van der Waals surface area contributed by atoms with Gasteiger partial charge in [-0.15, -0.1) is 0 Å². The Labute approximate surface area is 89.7 Å². The average Bonchev–Trinajstić information content (AvgIpc) is 2.17. The van der Waals surface area contributed by atoms with Gasteiger partial charge in [-0.25, -0.2) is 4.99 Å². The van der Waals surface area contributed by atoms with E-state index in [0.29, 0.717) is 16.3 Å². The monoisotopic (exact) mass is 202 g/mol. The molecule has 2 N–H and O–H groups in total. The summed E-state index contributed by atoms with van der Waals surface area (Å²) >= 11 is 1.39. The molecule has 0 saturated carbocycles. The maximum Gasteiger partial charge on any atom is 0.158 e. The van der Waals surface area contributed by atoms with Crippen LogP contribution in [-0.2, 0) is 0 Å². The van der Waals surface area contributed by atoms with Gasteiger partial charge in [-0.2, -0.15) is 0 Å². The van der Waals surface area contributed by atoms with Gasteiger partial charge in [0.1, 0.15) is 7.85 Å². The minimum atomic E-state index is 0.498. The first-order chi connectivity index (χ1) is 6.63. The smallest absolute Gasteiger partial charge is 0.158 e. The molecule has 2 radical (unpaired) electrons. The zero-order valence-corrected chi connectivity index (χ0v) is 8.84. The minimum Gasteiger partial charge on any atom is -0.378 e. The molecule has 0 aromatic heterocycles. The van der Waals surface area contributed by atoms with Gasteiger partial charge >= 0.3 is 0 Å². The summed E-state index contributed by atoms with van der Waals surface area (Å²) in [5.74, 6) is 0. The van der Waals surface area contributed by atoms with E-state index < -0.39 is 0 Å². The number of aliphatic imine (C=N–C) groups is 1. The van der Waals surface area contributed by atoms with Crippen molar-refractivity contribution in [2.45, 2.75) is 0 Å². The third-order valence-corrected chi connectivity index (χ3v) is 2.18. The molecule has 14 heavy (non-hydrogen) atoms. The molecule has 1 aromatic rings. The maximum absolute atomic E-state index is 5.63. The van der Waals surface area contributed by atoms with E-state index in [-0.39, 0.29) is 0 Å². The number of amidine groups is 1. The van der Waals surface area contributed by atoms with Crippen LogP contribution < -0.4 is 11.2 Å². The molecule has 0 bridgehead atoms. The molecule has 0 heterocycles. The van der Waals surface area contributed by atoms with E-state index in [2.05, 4.69) is 11.6 Å². The van der Waals surface area contributed by atoms with Gasteiger partial charge in [-0.1, -0.05) is 48.1 Å². The van der Waals surface area contributed by atoms with Crippen molar-refractivity contribution in [3.05, 3.63) is 36.4 Å². The van der Waals surface area contributed by atoms with Crippen molar-refractivity contribution >= 4 is 35.9 Å². The van der Waals surface area contributed by atoms with Crippen LogP contribution in [0.3, 0.4) is 0 Å². The number of rotatable bonds is 2. The third-order valence-electron chi connectivity index (χ3n) is 1.67. The molecule has 0 spiro atoms. The van der Waals surface area contributed by atoms with Crippen LogP contribution in [-0.4, -0.2) is 19.3 Å². The quantitative estimate of drug-likeness (QED) is 0.443. The fraction of sp³-hybridized carbons (Fsp3) is 0.100. The van der Waals surface area contributed by atoms with E-state index in [9.17, 15) is 0 Å². The zero-order chi connectivity index (χ0) is 10.6. The summed E-state index contributed by atoms with van der Waals surface area (Å²) in [7, 11) is 5.63. The summed E-state index contributed by atoms with van der Waals surface area (Å²) < 4.78 is 0. The maximum atomic E-state index is 5.63. The van der Waals surface area contributed by atoms with Crippen molar-refractivity contribution < 1.29 is 0 Å². The van der Waals surface area contributed by atoms with Gasteiger partial charge < -0.3 is 5.73 Å². The molecular weight excluding hydrogens is 191 g/mol. The Bertz CT molecular complexity index is 374. The Balaban J connectivity index is 2.90. The third kappa shape index (κ3) is 2.96. The van der Waals surface area contributed by atoms with Crippen molar-refractivity contribution in [1.82, 2.24) is 0 Å². The Hall–Kier alpha value is -1.16. The van der Waals surface area contributed by atoms with Gasteiger partial charge in [0, 0.05) is 0 Å². The van der Waals surface area contributed by atoms with E-state index in [1.165, 1.54) is 11.8 Å². The molecule has 0 aliphatic heterocycles. The summed E-state index contributed by atoms with van der Waals surface area (Å²) in [6, 6.07) is 7.40. The van der Waals surface area contributed by atoms with Crippen LogP contribution in [0.1, 0.15) is 5.56 Å². The van der Waals surface area contributed by atoms with Crippen molar-refractivity contribution in [1.29, 1.82) is 0 Å². The molecule has 70 valence electrons. The first-order valence-electron chi connectivity index (χ1n) is 4.06. The first kappa shape index (κ1) is 10.9. The van der Waals surface area contributed by atoms with Crippen LogP contribution in [0.2, 0.25) is 0 Å². The fourth-order valence-electron chi connectivity index (χ4n) is 0.961. The number of nitrogens with two attached hydrogens (primary N) is 1. The van der Waals surface area contributed by atoms with Gasteiger partial charge in [0.15, 0.2) is 5.17 Å². The molecule has 0 atom stereocenters. The summed E-state index contributed by atoms with van der Waals surface area (Å²) in [4.78, 5) is 4.11. The van der Waals surface area contributed by atoms with Crippen molar-refractivity contribution in [2.24, 2.45) is 10.7 Å². The lowest BCUT2D eigenvalue weighted by atomic mass is 9.94. The van der Waals surface area contributed by atoms with Gasteiger partial charge in [0.2, 0.25) is 0 Å². The normalized spacial score (nSPS) is 11.4. The van der Waals surface area contributed by atoms with Crippen LogP contribution in [0, 0.1) is 0 Å². The van der Waals surface area contributed by atoms with E-state index in [0.717, 1.165) is 5.56 Å². The Kier molecular flexibility index (Phi) is 3.83. The summed E-state index contributed by atoms with van der Waals surface area (Å²) in [6.45, 7) is 3.82. The lowest BCUT2D eigenvalue weighted by Crippen LogP contribution is -2.06. The highest BCUT2D eigenvalue weighted by atomic mass is 32.2. The molecule has 4 heteroatoms. The van der Waals surface area contributed by atoms with Crippen molar-refractivity contribution in [3.63, 3.8) is 0 Å². The number of thioether (sulfide) groups is 1. The van der Waals surface area contributed by atoms with Crippen LogP contribution in [0.15, 0.2) is 35.8 Å². The van der Waals surface area contributed by atoms with Crippen LogP contribution in [0.4, 0.5) is 0 Å². The van der Waals surface area contributed by atoms with Crippen molar-refractivity contribution in [3.8, 4) is 0 Å². The highest BCUT2D eigenvalue weighted by Gasteiger charge is 1.97. The zero-order valence-electron chi connectivity index (χ0n) is 8.03. The van der Waals surface area contributed by atoms with Crippen LogP contribution in [0.25, 0.3) is 5.70 Å². The Morgan fingerprint density at radius 1 is 1.57 bits per heavy atom. The average molecular weight is 202 g/mol. The molecule has 0 fully saturated rings. The molecule has 1 aromatic carbocycles. The van der Waals surface area contributed by atoms with Gasteiger partial charge in [0.25, 0.3) is 0 Å². The predicted molar refractivity (Wildman–Crippen MR) is 66.0 cm³/mol. The topological polar surface area (TPSA) is 38.4 Å². The Morgan fingerprint density at radius 2 is 2.29 bits per heavy atom. The standard InChI is InChI=1S/C10H11BN2S/c1-7(13-10(12)14-2)8-4-3-5-9(11)6-8/h3-6H,1H2,2H3,(H2,12,13). The second-order valence-electron chi connectivity index (χ2n) is 2.73. The summed E-state index contributed by atoms with van der Waals surface area (Å²) in [5.41, 5.74) is 7.79. The van der Waals surface area contributed by atoms with E-state index in [1.807, 2.05) is 30.5 Å². The lowest BCUT2D eigenvalue weighted by Gasteiger charge is -2.02. The number of hydrogen-bond donors (Lipinski definition) is 1. The van der Waals surface area contributed by atoms with Gasteiger partial charge in [-0.3, -0.25) is 0 Å². The van der Waals surface area contributed by atoms with Crippen molar-refractivity contribution in [2.75, 3.05) is 6.26 Å². The minimum absolute atomic E-state index is 0.498. The highest BCUT2D eigenvalue weighted by Crippen LogP contribution is 2.12. The van der Waals surface area contributed by atoms with E-state index >= 15 is 0 Å². The molecule has 2 nitrogen and oxygen atoms in total. The van der Waals surface area contributed by atoms with E-state index in [1.54, 1.807) is 0 Å². The highest BCUT2D eigenvalue weighted by molar-refractivity contribution is 8.13. The molecular formula is C10H11BN2S. The fourth-order valence-corrected chi connectivity index (χ4v) is 1.16. The summed E-state index contributed by atoms with van der Waals surface area (Å²) in [6.07, 6.45) is 1.87. The molecule has 0 aliphatic rings. The van der Waals surface area contributed by atoms with Crippen LogP contribution >= 0.6 is 11.8 Å². The lowest BCUT2D eigenvalue weighted by molar-refractivity contribution is 1.52. The SMILES string of the molecule is [B]c1cccc(C(=C)N=C(N)SC)c1. The first-order valence-corrected chi connectivity index (χ1v) is 5.29. The van der Waals surface area contributed by atoms with Crippen LogP contribution in [0.5, 0.6) is 0 Å². The summed E-state index contributed by atoms with van der Waals surface area (Å²) in [5, 5.41) is 0.498. The number of hydrogen-bond acceptors (Lipinski definition) is 2.